The number of unbranched alkanes of at least 4 members (excludes halogenated alkanes) is 2. The van der Waals surface area contributed by atoms with Crippen LogP contribution >= 0.6 is 0 Å². The molecule has 0 bridgehead atoms. The minimum absolute atomic E-state index is 0.140. The number of amides is 1. The van der Waals surface area contributed by atoms with Gasteiger partial charge in [0, 0.05) is 32.1 Å². The lowest BCUT2D eigenvalue weighted by atomic mass is 10.1. The number of hydrogen-bond acceptors (Lipinski definition) is 9. The molecule has 3 rings (SSSR count). The summed E-state index contributed by atoms with van der Waals surface area (Å²) in [5.74, 6) is -0.159. The second kappa shape index (κ2) is 13.9. The number of nitrogens with two attached hydrogens (primary N) is 1. The van der Waals surface area contributed by atoms with Crippen LogP contribution in [0, 0.1) is 0 Å². The Morgan fingerprint density at radius 3 is 2.63 bits per heavy atom. The van der Waals surface area contributed by atoms with Gasteiger partial charge in [-0.2, -0.15) is 4.98 Å². The zero-order valence-corrected chi connectivity index (χ0v) is 22.3. The molecule has 1 aromatic heterocycles. The molecule has 1 fully saturated rings. The Morgan fingerprint density at radius 1 is 1.16 bits per heavy atom. The van der Waals surface area contributed by atoms with Gasteiger partial charge in [-0.25, -0.2) is 9.59 Å². The summed E-state index contributed by atoms with van der Waals surface area (Å²) in [6, 6.07) is 11.3. The van der Waals surface area contributed by atoms with Crippen LogP contribution in [0.2, 0.25) is 0 Å². The first-order valence-corrected chi connectivity index (χ1v) is 12.9. The maximum atomic E-state index is 12.7. The van der Waals surface area contributed by atoms with Gasteiger partial charge in [-0.3, -0.25) is 9.36 Å². The Labute approximate surface area is 222 Å². The average molecular weight is 531 g/mol. The predicted molar refractivity (Wildman–Crippen MR) is 140 cm³/mol. The number of esters is 1. The molecule has 1 aliphatic rings. The van der Waals surface area contributed by atoms with Crippen molar-refractivity contribution in [1.82, 2.24) is 14.5 Å². The van der Waals surface area contributed by atoms with Gasteiger partial charge >= 0.3 is 17.8 Å². The number of nitrogen functional groups attached to an aromatic ring is 1. The van der Waals surface area contributed by atoms with E-state index in [1.54, 1.807) is 4.90 Å². The molecule has 0 saturated carbocycles. The highest BCUT2D eigenvalue weighted by Crippen LogP contribution is 2.22. The van der Waals surface area contributed by atoms with E-state index in [1.165, 1.54) is 16.8 Å². The summed E-state index contributed by atoms with van der Waals surface area (Å²) in [6.07, 6.45) is 2.77. The quantitative estimate of drug-likeness (QED) is 0.322. The van der Waals surface area contributed by atoms with Crippen LogP contribution in [-0.2, 0) is 30.3 Å². The number of rotatable bonds is 12. The van der Waals surface area contributed by atoms with Gasteiger partial charge in [0.05, 0.1) is 13.2 Å². The van der Waals surface area contributed by atoms with Crippen LogP contribution in [0.1, 0.15) is 64.7 Å². The van der Waals surface area contributed by atoms with Crippen molar-refractivity contribution in [2.75, 3.05) is 25.5 Å². The van der Waals surface area contributed by atoms with Crippen molar-refractivity contribution in [1.29, 1.82) is 0 Å². The maximum absolute atomic E-state index is 12.7. The van der Waals surface area contributed by atoms with Gasteiger partial charge < -0.3 is 29.6 Å². The fourth-order valence-electron chi connectivity index (χ4n) is 3.84. The number of anilines is 1. The molecule has 2 heterocycles. The number of aromatic nitrogens is 2. The Bertz CT molecular complexity index is 1100. The van der Waals surface area contributed by atoms with Gasteiger partial charge in [-0.05, 0) is 45.2 Å². The van der Waals surface area contributed by atoms with Crippen molar-refractivity contribution in [3.63, 3.8) is 0 Å². The predicted octanol–water partition coefficient (Wildman–Crippen LogP) is 3.63. The Hall–Kier alpha value is -3.44. The summed E-state index contributed by atoms with van der Waals surface area (Å²) in [5.41, 5.74) is 5.45. The van der Waals surface area contributed by atoms with Gasteiger partial charge in [-0.15, -0.1) is 0 Å². The van der Waals surface area contributed by atoms with E-state index in [-0.39, 0.29) is 37.5 Å². The molecule has 1 aromatic carbocycles. The fourth-order valence-corrected chi connectivity index (χ4v) is 3.84. The topological polar surface area (TPSA) is 135 Å². The number of carbonyl (C=O) groups is 2. The molecular weight excluding hydrogens is 492 g/mol. The first-order chi connectivity index (χ1) is 18.1. The van der Waals surface area contributed by atoms with Crippen molar-refractivity contribution < 1.29 is 28.5 Å². The maximum Gasteiger partial charge on any atom is 0.410 e. The molecule has 2 atom stereocenters. The smallest absolute Gasteiger partial charge is 0.410 e. The zero-order chi connectivity index (χ0) is 27.5. The molecule has 11 heteroatoms. The summed E-state index contributed by atoms with van der Waals surface area (Å²) in [7, 11) is 0. The van der Waals surface area contributed by atoms with E-state index in [0.717, 1.165) is 18.4 Å². The highest BCUT2D eigenvalue weighted by Gasteiger charge is 2.28. The lowest BCUT2D eigenvalue weighted by Gasteiger charge is -2.27. The molecule has 1 saturated heterocycles. The van der Waals surface area contributed by atoms with Gasteiger partial charge in [0.15, 0.2) is 12.5 Å². The van der Waals surface area contributed by atoms with Crippen LogP contribution in [0.4, 0.5) is 10.6 Å². The highest BCUT2D eigenvalue weighted by molar-refractivity contribution is 5.69. The van der Waals surface area contributed by atoms with E-state index in [1.807, 2.05) is 51.1 Å². The number of carbonyl (C=O) groups excluding carboxylic acids is 2. The third-order valence-corrected chi connectivity index (χ3v) is 5.69. The second-order valence-electron chi connectivity index (χ2n) is 10.1. The van der Waals surface area contributed by atoms with Gasteiger partial charge in [-0.1, -0.05) is 36.8 Å². The summed E-state index contributed by atoms with van der Waals surface area (Å²) in [5, 5.41) is 0. The lowest BCUT2D eigenvalue weighted by Crippen LogP contribution is -2.37. The lowest BCUT2D eigenvalue weighted by molar-refractivity contribution is -0.147. The normalized spacial score (nSPS) is 17.2. The minimum Gasteiger partial charge on any atom is -0.465 e. The van der Waals surface area contributed by atoms with Crippen molar-refractivity contribution in [3.8, 4) is 0 Å². The van der Waals surface area contributed by atoms with Crippen molar-refractivity contribution in [2.45, 2.75) is 77.5 Å². The van der Waals surface area contributed by atoms with Crippen LogP contribution in [0.3, 0.4) is 0 Å². The van der Waals surface area contributed by atoms with Crippen molar-refractivity contribution in [2.24, 2.45) is 0 Å². The number of ether oxygens (including phenoxy) is 4. The van der Waals surface area contributed by atoms with Crippen LogP contribution in [0.25, 0.3) is 0 Å². The van der Waals surface area contributed by atoms with Crippen LogP contribution < -0.4 is 11.4 Å². The number of hydrogen-bond donors (Lipinski definition) is 1. The van der Waals surface area contributed by atoms with E-state index in [0.29, 0.717) is 25.9 Å². The molecule has 0 spiro atoms. The number of benzene rings is 1. The molecule has 1 aliphatic heterocycles. The first kappa shape index (κ1) is 29.1. The molecule has 2 aromatic rings. The first-order valence-electron chi connectivity index (χ1n) is 12.9. The van der Waals surface area contributed by atoms with Crippen LogP contribution in [0.5, 0.6) is 0 Å². The summed E-state index contributed by atoms with van der Waals surface area (Å²) >= 11 is 0. The summed E-state index contributed by atoms with van der Waals surface area (Å²) < 4.78 is 23.4. The average Bonchev–Trinajstić information content (AvgIpc) is 3.31. The van der Waals surface area contributed by atoms with Crippen LogP contribution in [-0.4, -0.2) is 58.2 Å². The molecule has 0 aliphatic carbocycles. The highest BCUT2D eigenvalue weighted by atomic mass is 16.7. The van der Waals surface area contributed by atoms with Crippen LogP contribution in [0.15, 0.2) is 47.4 Å². The third-order valence-electron chi connectivity index (χ3n) is 5.69. The minimum atomic E-state index is -0.599. The monoisotopic (exact) mass is 530 g/mol. The zero-order valence-electron chi connectivity index (χ0n) is 22.3. The molecule has 0 radical (unpaired) electrons. The van der Waals surface area contributed by atoms with Gasteiger partial charge in [0.25, 0.3) is 0 Å². The molecule has 38 heavy (non-hydrogen) atoms. The Kier molecular flexibility index (Phi) is 10.7. The molecule has 208 valence electrons. The summed E-state index contributed by atoms with van der Waals surface area (Å²) in [6.45, 7) is 6.87. The van der Waals surface area contributed by atoms with Crippen molar-refractivity contribution in [3.05, 3.63) is 58.6 Å². The SMILES string of the molecule is CC(C)(C)OC(=O)N(CCCCCC(=O)OCCC1OCC(n2ccc(N)nc2=O)O1)Cc1ccccc1. The van der Waals surface area contributed by atoms with E-state index in [2.05, 4.69) is 4.98 Å². The van der Waals surface area contributed by atoms with E-state index < -0.39 is 23.8 Å². The van der Waals surface area contributed by atoms with E-state index in [4.69, 9.17) is 24.7 Å². The van der Waals surface area contributed by atoms with Crippen molar-refractivity contribution >= 4 is 17.9 Å². The third kappa shape index (κ3) is 9.79. The molecule has 11 nitrogen and oxygen atoms in total. The largest absolute Gasteiger partial charge is 0.465 e. The van der Waals surface area contributed by atoms with E-state index >= 15 is 0 Å². The molecule has 1 amide bonds. The fraction of sp³-hybridized carbons (Fsp3) is 0.556. The second-order valence-corrected chi connectivity index (χ2v) is 10.1. The van der Waals surface area contributed by atoms with Gasteiger partial charge in [0.2, 0.25) is 0 Å². The standard InChI is InChI=1S/C27H38N4O7/c1-27(2,3)38-26(34)30(18-20-10-6-4-7-11-20)15-9-5-8-12-23(32)35-17-14-24-36-19-22(37-24)31-16-13-21(28)29-25(31)33/h4,6-7,10-11,13,16,22,24H,5,8-9,12,14-15,17-19H2,1-3H3,(H2,28,29,33). The Morgan fingerprint density at radius 2 is 1.92 bits per heavy atom. The molecule has 2 N–H and O–H groups in total. The molecular formula is C27H38N4O7. The summed E-state index contributed by atoms with van der Waals surface area (Å²) in [4.78, 5) is 42.1. The Balaban J connectivity index is 1.32. The van der Waals surface area contributed by atoms with E-state index in [9.17, 15) is 14.4 Å². The molecule has 2 unspecified atom stereocenters. The number of nitrogens with zero attached hydrogens (tertiary/aromatic N) is 3. The van der Waals surface area contributed by atoms with Gasteiger partial charge in [0.1, 0.15) is 11.4 Å².